The van der Waals surface area contributed by atoms with Gasteiger partial charge in [0.1, 0.15) is 0 Å². The Morgan fingerprint density at radius 1 is 1.38 bits per heavy atom. The van der Waals surface area contributed by atoms with Gasteiger partial charge in [0.05, 0.1) is 11.3 Å². The van der Waals surface area contributed by atoms with Crippen LogP contribution in [-0.4, -0.2) is 5.91 Å². The van der Waals surface area contributed by atoms with E-state index in [4.69, 9.17) is 0 Å². The van der Waals surface area contributed by atoms with Gasteiger partial charge in [0.25, 0.3) is 5.91 Å². The lowest BCUT2D eigenvalue weighted by Gasteiger charge is -2.05. The second kappa shape index (κ2) is 2.28. The zero-order valence-corrected chi connectivity index (χ0v) is 6.90. The van der Waals surface area contributed by atoms with Crippen LogP contribution >= 0.6 is 0 Å². The van der Waals surface area contributed by atoms with Crippen LogP contribution < -0.4 is 5.32 Å². The summed E-state index contributed by atoms with van der Waals surface area (Å²) in [5, 5.41) is 2.14. The fourth-order valence-corrected chi connectivity index (χ4v) is 1.36. The number of hydrogen-bond donors (Lipinski definition) is 1. The molecule has 0 radical (unpaired) electrons. The van der Waals surface area contributed by atoms with E-state index in [2.05, 4.69) is 5.32 Å². The summed E-state index contributed by atoms with van der Waals surface area (Å²) in [7, 11) is 0. The molecule has 1 aromatic rings. The van der Waals surface area contributed by atoms with E-state index in [0.29, 0.717) is 0 Å². The lowest BCUT2D eigenvalue weighted by Crippen LogP contribution is -2.23. The molecule has 0 aromatic heterocycles. The fourth-order valence-electron chi connectivity index (χ4n) is 1.36. The maximum absolute atomic E-state index is 13.1. The normalized spacial score (nSPS) is 18.2. The van der Waals surface area contributed by atoms with Crippen molar-refractivity contribution in [2.24, 2.45) is 0 Å². The molecule has 1 aromatic carbocycles. The summed E-state index contributed by atoms with van der Waals surface area (Å²) < 4.78 is 26.1. The van der Waals surface area contributed by atoms with E-state index in [9.17, 15) is 13.6 Å². The lowest BCUT2D eigenvalue weighted by molar-refractivity contribution is -0.139. The van der Waals surface area contributed by atoms with Gasteiger partial charge in [-0.2, -0.15) is 8.78 Å². The van der Waals surface area contributed by atoms with Crippen LogP contribution in [0.2, 0.25) is 0 Å². The third kappa shape index (κ3) is 1.02. The van der Waals surface area contributed by atoms with Gasteiger partial charge in [-0.25, -0.2) is 0 Å². The topological polar surface area (TPSA) is 29.1 Å². The molecule has 4 heteroatoms. The van der Waals surface area contributed by atoms with E-state index in [1.807, 2.05) is 0 Å². The highest BCUT2D eigenvalue weighted by Gasteiger charge is 2.48. The van der Waals surface area contributed by atoms with E-state index in [-0.39, 0.29) is 11.3 Å². The van der Waals surface area contributed by atoms with Gasteiger partial charge in [0.2, 0.25) is 0 Å². The van der Waals surface area contributed by atoms with Crippen molar-refractivity contribution < 1.29 is 13.6 Å². The summed E-state index contributed by atoms with van der Waals surface area (Å²) in [6, 6.07) is 4.38. The summed E-state index contributed by atoms with van der Waals surface area (Å²) in [4.78, 5) is 10.8. The number of fused-ring (bicyclic) bond motifs is 1. The van der Waals surface area contributed by atoms with E-state index >= 15 is 0 Å². The van der Waals surface area contributed by atoms with Crippen molar-refractivity contribution in [3.63, 3.8) is 0 Å². The Labute approximate surface area is 73.6 Å². The van der Waals surface area contributed by atoms with Gasteiger partial charge >= 0.3 is 5.92 Å². The lowest BCUT2D eigenvalue weighted by atomic mass is 10.1. The Morgan fingerprint density at radius 2 is 2.08 bits per heavy atom. The van der Waals surface area contributed by atoms with Crippen LogP contribution in [-0.2, 0) is 10.7 Å². The molecule has 0 spiro atoms. The standard InChI is InChI=1S/C9H7F2NO/c1-5-2-3-6-7(4-5)12-8(13)9(6,10)11/h2-4H,1H3,(H,12,13). The highest BCUT2D eigenvalue weighted by atomic mass is 19.3. The molecule has 1 aliphatic rings. The fraction of sp³-hybridized carbons (Fsp3) is 0.222. The number of carbonyl (C=O) groups is 1. The first-order valence-electron chi connectivity index (χ1n) is 3.82. The van der Waals surface area contributed by atoms with Crippen LogP contribution in [0.15, 0.2) is 18.2 Å². The third-order valence-electron chi connectivity index (χ3n) is 2.05. The van der Waals surface area contributed by atoms with E-state index < -0.39 is 11.8 Å². The molecule has 0 fully saturated rings. The first-order valence-corrected chi connectivity index (χ1v) is 3.82. The minimum Gasteiger partial charge on any atom is -0.320 e. The van der Waals surface area contributed by atoms with Crippen molar-refractivity contribution in [3.8, 4) is 0 Å². The van der Waals surface area contributed by atoms with Gasteiger partial charge < -0.3 is 5.32 Å². The second-order valence-corrected chi connectivity index (χ2v) is 3.08. The predicted molar refractivity (Wildman–Crippen MR) is 43.7 cm³/mol. The third-order valence-corrected chi connectivity index (χ3v) is 2.05. The SMILES string of the molecule is Cc1ccc2c(c1)NC(=O)C2(F)F. The Hall–Kier alpha value is -1.45. The largest absolute Gasteiger partial charge is 0.352 e. The summed E-state index contributed by atoms with van der Waals surface area (Å²) in [6.45, 7) is 1.78. The molecule has 0 saturated heterocycles. The quantitative estimate of drug-likeness (QED) is 0.655. The summed E-state index contributed by atoms with van der Waals surface area (Å²) >= 11 is 0. The van der Waals surface area contributed by atoms with Crippen LogP contribution in [0.3, 0.4) is 0 Å². The first-order chi connectivity index (χ1) is 6.01. The molecule has 1 heterocycles. The van der Waals surface area contributed by atoms with Crippen LogP contribution in [0.5, 0.6) is 0 Å². The van der Waals surface area contributed by atoms with Crippen molar-refractivity contribution in [2.45, 2.75) is 12.8 Å². The molecule has 0 bridgehead atoms. The Kier molecular flexibility index (Phi) is 1.43. The maximum atomic E-state index is 13.1. The number of carbonyl (C=O) groups excluding carboxylic acids is 1. The number of rotatable bonds is 0. The zero-order chi connectivity index (χ0) is 9.64. The van der Waals surface area contributed by atoms with Crippen molar-refractivity contribution in [3.05, 3.63) is 29.3 Å². The van der Waals surface area contributed by atoms with Gasteiger partial charge in [-0.15, -0.1) is 0 Å². The number of halogens is 2. The van der Waals surface area contributed by atoms with Gasteiger partial charge in [0, 0.05) is 0 Å². The van der Waals surface area contributed by atoms with E-state index in [1.54, 1.807) is 13.0 Å². The van der Waals surface area contributed by atoms with Crippen LogP contribution in [0.1, 0.15) is 11.1 Å². The summed E-state index contributed by atoms with van der Waals surface area (Å²) in [5.74, 6) is -4.61. The first kappa shape index (κ1) is 8.16. The molecule has 68 valence electrons. The number of anilines is 1. The molecule has 1 aliphatic heterocycles. The van der Waals surface area contributed by atoms with Gasteiger partial charge in [-0.05, 0) is 18.6 Å². The van der Waals surface area contributed by atoms with Crippen LogP contribution in [0, 0.1) is 6.92 Å². The minimum atomic E-state index is -3.37. The van der Waals surface area contributed by atoms with Crippen molar-refractivity contribution >= 4 is 11.6 Å². The zero-order valence-electron chi connectivity index (χ0n) is 6.90. The highest BCUT2D eigenvalue weighted by molar-refractivity contribution is 6.03. The number of hydrogen-bond acceptors (Lipinski definition) is 1. The average molecular weight is 183 g/mol. The monoisotopic (exact) mass is 183 g/mol. The molecule has 0 aliphatic carbocycles. The van der Waals surface area contributed by atoms with Crippen molar-refractivity contribution in [1.29, 1.82) is 0 Å². The molecule has 2 rings (SSSR count). The van der Waals surface area contributed by atoms with E-state index in [0.717, 1.165) is 5.56 Å². The van der Waals surface area contributed by atoms with Gasteiger partial charge in [0.15, 0.2) is 0 Å². The van der Waals surface area contributed by atoms with E-state index in [1.165, 1.54) is 12.1 Å². The second-order valence-electron chi connectivity index (χ2n) is 3.08. The van der Waals surface area contributed by atoms with Crippen LogP contribution in [0.25, 0.3) is 0 Å². The number of amides is 1. The maximum Gasteiger partial charge on any atom is 0.352 e. The molecule has 2 nitrogen and oxygen atoms in total. The summed E-state index contributed by atoms with van der Waals surface area (Å²) in [5.41, 5.74) is 0.829. The van der Waals surface area contributed by atoms with Gasteiger partial charge in [-0.1, -0.05) is 12.1 Å². The van der Waals surface area contributed by atoms with Crippen LogP contribution in [0.4, 0.5) is 14.5 Å². The molecule has 1 N–H and O–H groups in total. The Bertz CT molecular complexity index is 387. The van der Waals surface area contributed by atoms with Gasteiger partial charge in [-0.3, -0.25) is 4.79 Å². The molecule has 0 unspecified atom stereocenters. The van der Waals surface area contributed by atoms with Crippen molar-refractivity contribution in [1.82, 2.24) is 0 Å². The number of nitrogens with one attached hydrogen (secondary N) is 1. The molecule has 0 saturated carbocycles. The average Bonchev–Trinajstić information content (AvgIpc) is 2.23. The summed E-state index contributed by atoms with van der Waals surface area (Å²) in [6.07, 6.45) is 0. The smallest absolute Gasteiger partial charge is 0.320 e. The Balaban J connectivity index is 2.62. The number of alkyl halides is 2. The van der Waals surface area contributed by atoms with Crippen molar-refractivity contribution in [2.75, 3.05) is 5.32 Å². The molecular formula is C9H7F2NO. The number of aryl methyl sites for hydroxylation is 1. The number of benzene rings is 1. The molecule has 13 heavy (non-hydrogen) atoms. The Morgan fingerprint density at radius 3 is 2.77 bits per heavy atom. The predicted octanol–water partition coefficient (Wildman–Crippen LogP) is 2.04. The molecular weight excluding hydrogens is 176 g/mol. The molecule has 1 amide bonds. The highest BCUT2D eigenvalue weighted by Crippen LogP contribution is 2.40. The minimum absolute atomic E-state index is 0.218. The molecule has 0 atom stereocenters.